The van der Waals surface area contributed by atoms with Crippen LogP contribution in [-0.2, 0) is 0 Å². The lowest BCUT2D eigenvalue weighted by molar-refractivity contribution is -0.0521. The van der Waals surface area contributed by atoms with Gasteiger partial charge in [-0.3, -0.25) is 0 Å². The highest BCUT2D eigenvalue weighted by Gasteiger charge is 2.13. The molecule has 0 radical (unpaired) electrons. The number of hydrogen-bond donors (Lipinski definition) is 4. The molecule has 1 aromatic carbocycles. The molecule has 1 rings (SSSR count). The summed E-state index contributed by atoms with van der Waals surface area (Å²) in [7, 11) is 0. The van der Waals surface area contributed by atoms with E-state index in [1.165, 1.54) is 0 Å². The van der Waals surface area contributed by atoms with Crippen LogP contribution in [0, 0.1) is 5.82 Å². The maximum absolute atomic E-state index is 13.2. The van der Waals surface area contributed by atoms with E-state index in [4.69, 9.17) is 11.5 Å². The van der Waals surface area contributed by atoms with Crippen molar-refractivity contribution >= 4 is 17.4 Å². The second-order valence-corrected chi connectivity index (χ2v) is 3.47. The molecule has 1 aromatic rings. The molecule has 0 saturated carbocycles. The molecule has 6 nitrogen and oxygen atoms in total. The lowest BCUT2D eigenvalue weighted by atomic mass is 10.2. The van der Waals surface area contributed by atoms with Crippen LogP contribution in [-0.4, -0.2) is 25.7 Å². The molecule has 0 unspecified atom stereocenters. The van der Waals surface area contributed by atoms with E-state index in [9.17, 15) is 18.0 Å². The number of hydrogen-bond acceptors (Lipinski definition) is 4. The Kier molecular flexibility index (Phi) is 5.10. The van der Waals surface area contributed by atoms with E-state index in [0.29, 0.717) is 0 Å². The fraction of sp³-hybridized carbons (Fsp3) is 0.300. The number of carbonyl (C=O) groups excluding carboxylic acids is 1. The van der Waals surface area contributed by atoms with Crippen LogP contribution in [0.15, 0.2) is 12.1 Å². The highest BCUT2D eigenvalue weighted by molar-refractivity contribution is 5.72. The Morgan fingerprint density at radius 3 is 2.63 bits per heavy atom. The maximum atomic E-state index is 13.2. The van der Waals surface area contributed by atoms with E-state index in [0.717, 1.165) is 12.1 Å². The lowest BCUT2D eigenvalue weighted by Gasteiger charge is -2.12. The van der Waals surface area contributed by atoms with Crippen molar-refractivity contribution in [3.05, 3.63) is 17.9 Å². The number of carbonyl (C=O) groups is 1. The number of rotatable bonds is 6. The summed E-state index contributed by atoms with van der Waals surface area (Å²) in [6.45, 7) is -2.72. The molecule has 0 aliphatic carbocycles. The molecule has 9 heteroatoms. The van der Waals surface area contributed by atoms with Crippen LogP contribution < -0.4 is 26.8 Å². The number of nitrogens with two attached hydrogens (primary N) is 2. The highest BCUT2D eigenvalue weighted by atomic mass is 19.3. The quantitative estimate of drug-likeness (QED) is 0.462. The highest BCUT2D eigenvalue weighted by Crippen LogP contribution is 2.29. The van der Waals surface area contributed by atoms with Gasteiger partial charge in [-0.2, -0.15) is 8.78 Å². The smallest absolute Gasteiger partial charge is 0.387 e. The zero-order valence-corrected chi connectivity index (χ0v) is 9.75. The monoisotopic (exact) mass is 278 g/mol. The van der Waals surface area contributed by atoms with Gasteiger partial charge in [-0.1, -0.05) is 0 Å². The topological polar surface area (TPSA) is 102 Å². The van der Waals surface area contributed by atoms with E-state index in [1.54, 1.807) is 0 Å². The number of benzene rings is 1. The third kappa shape index (κ3) is 4.82. The third-order valence-corrected chi connectivity index (χ3v) is 2.06. The maximum Gasteiger partial charge on any atom is 0.387 e. The van der Waals surface area contributed by atoms with Gasteiger partial charge in [-0.15, -0.1) is 0 Å². The molecular formula is C10H13F3N4O2. The van der Waals surface area contributed by atoms with Crippen molar-refractivity contribution in [2.75, 3.05) is 24.1 Å². The van der Waals surface area contributed by atoms with Crippen molar-refractivity contribution in [3.63, 3.8) is 0 Å². The minimum Gasteiger partial charge on any atom is -0.432 e. The number of primary amides is 1. The van der Waals surface area contributed by atoms with Gasteiger partial charge in [-0.05, 0) is 0 Å². The van der Waals surface area contributed by atoms with Gasteiger partial charge in [0.2, 0.25) is 0 Å². The third-order valence-electron chi connectivity index (χ3n) is 2.06. The van der Waals surface area contributed by atoms with Gasteiger partial charge in [-0.25, -0.2) is 9.18 Å². The molecule has 0 aliphatic heterocycles. The van der Waals surface area contributed by atoms with E-state index in [-0.39, 0.29) is 24.5 Å². The number of anilines is 2. The zero-order chi connectivity index (χ0) is 14.4. The summed E-state index contributed by atoms with van der Waals surface area (Å²) in [5.74, 6) is -1.60. The molecule has 0 atom stereocenters. The number of amides is 2. The summed E-state index contributed by atoms with van der Waals surface area (Å²) in [4.78, 5) is 10.4. The van der Waals surface area contributed by atoms with Crippen LogP contribution >= 0.6 is 0 Å². The Labute approximate surface area is 106 Å². The second kappa shape index (κ2) is 6.57. The fourth-order valence-electron chi connectivity index (χ4n) is 1.29. The van der Waals surface area contributed by atoms with Gasteiger partial charge < -0.3 is 26.8 Å². The van der Waals surface area contributed by atoms with E-state index < -0.39 is 24.2 Å². The molecule has 0 saturated heterocycles. The normalized spacial score (nSPS) is 10.3. The van der Waals surface area contributed by atoms with Crippen LogP contribution in [0.1, 0.15) is 0 Å². The van der Waals surface area contributed by atoms with Crippen LogP contribution in [0.25, 0.3) is 0 Å². The Morgan fingerprint density at radius 2 is 2.05 bits per heavy atom. The number of nitrogens with one attached hydrogen (secondary N) is 2. The van der Waals surface area contributed by atoms with Crippen LogP contribution in [0.3, 0.4) is 0 Å². The minimum absolute atomic E-state index is 0.0261. The van der Waals surface area contributed by atoms with Gasteiger partial charge >= 0.3 is 12.6 Å². The molecule has 0 aliphatic rings. The summed E-state index contributed by atoms with van der Waals surface area (Å²) in [5, 5.41) is 5.03. The Morgan fingerprint density at radius 1 is 1.37 bits per heavy atom. The van der Waals surface area contributed by atoms with Gasteiger partial charge in [0.1, 0.15) is 0 Å². The molecule has 19 heavy (non-hydrogen) atoms. The van der Waals surface area contributed by atoms with Gasteiger partial charge in [0.05, 0.1) is 11.4 Å². The molecule has 106 valence electrons. The average Bonchev–Trinajstić information content (AvgIpc) is 2.29. The second-order valence-electron chi connectivity index (χ2n) is 3.47. The summed E-state index contributed by atoms with van der Waals surface area (Å²) in [6, 6.07) is 1.18. The minimum atomic E-state index is -3.14. The molecule has 0 aromatic heterocycles. The number of alkyl halides is 2. The number of nitrogen functional groups attached to an aromatic ring is 1. The van der Waals surface area contributed by atoms with Crippen molar-refractivity contribution in [2.24, 2.45) is 5.73 Å². The van der Waals surface area contributed by atoms with Crippen molar-refractivity contribution in [1.82, 2.24) is 5.32 Å². The molecule has 0 fully saturated rings. The number of ether oxygens (including phenoxy) is 1. The van der Waals surface area contributed by atoms with E-state index in [2.05, 4.69) is 15.4 Å². The summed E-state index contributed by atoms with van der Waals surface area (Å²) in [5.41, 5.74) is 10.6. The first-order valence-corrected chi connectivity index (χ1v) is 5.21. The van der Waals surface area contributed by atoms with Crippen molar-refractivity contribution < 1.29 is 22.7 Å². The first-order valence-electron chi connectivity index (χ1n) is 5.21. The lowest BCUT2D eigenvalue weighted by Crippen LogP contribution is -2.33. The van der Waals surface area contributed by atoms with Crippen LogP contribution in [0.2, 0.25) is 0 Å². The first-order chi connectivity index (χ1) is 8.90. The van der Waals surface area contributed by atoms with Crippen molar-refractivity contribution in [1.29, 1.82) is 0 Å². The predicted molar refractivity (Wildman–Crippen MR) is 63.5 cm³/mol. The van der Waals surface area contributed by atoms with E-state index >= 15 is 0 Å². The SMILES string of the molecule is NC(=O)NCCNc1cc(OC(F)F)c(F)cc1N. The van der Waals surface area contributed by atoms with Crippen molar-refractivity contribution in [3.8, 4) is 5.75 Å². The molecule has 0 bridgehead atoms. The average molecular weight is 278 g/mol. The number of urea groups is 1. The molecule has 6 N–H and O–H groups in total. The Balaban J connectivity index is 2.69. The molecule has 0 spiro atoms. The van der Waals surface area contributed by atoms with E-state index in [1.807, 2.05) is 0 Å². The standard InChI is InChI=1S/C10H13F3N4O2/c11-5-3-6(14)7(4-8(5)19-9(12)13)16-1-2-17-10(15)18/h3-4,9,16H,1-2,14H2,(H3,15,17,18). The predicted octanol–water partition coefficient (Wildman–Crippen LogP) is 1.09. The summed E-state index contributed by atoms with van der Waals surface area (Å²) in [6.07, 6.45) is 0. The molecule has 2 amide bonds. The molecule has 0 heterocycles. The first kappa shape index (κ1) is 14.7. The van der Waals surface area contributed by atoms with Gasteiger partial charge in [0.15, 0.2) is 11.6 Å². The summed E-state index contributed by atoms with van der Waals surface area (Å²) >= 11 is 0. The van der Waals surface area contributed by atoms with Crippen LogP contribution in [0.4, 0.5) is 29.3 Å². The fourth-order valence-corrected chi connectivity index (χ4v) is 1.29. The van der Waals surface area contributed by atoms with Gasteiger partial charge in [0.25, 0.3) is 0 Å². The number of halogens is 3. The summed E-state index contributed by atoms with van der Waals surface area (Å²) < 4.78 is 41.3. The largest absolute Gasteiger partial charge is 0.432 e. The van der Waals surface area contributed by atoms with Crippen LogP contribution in [0.5, 0.6) is 5.75 Å². The van der Waals surface area contributed by atoms with Gasteiger partial charge in [0, 0.05) is 25.2 Å². The zero-order valence-electron chi connectivity index (χ0n) is 9.75. The Hall–Kier alpha value is -2.32. The molecular weight excluding hydrogens is 265 g/mol. The Bertz CT molecular complexity index is 457. The van der Waals surface area contributed by atoms with Crippen molar-refractivity contribution in [2.45, 2.75) is 6.61 Å².